The van der Waals surface area contributed by atoms with Crippen LogP contribution in [-0.2, 0) is 5.60 Å². The van der Waals surface area contributed by atoms with E-state index in [4.69, 9.17) is 4.42 Å². The van der Waals surface area contributed by atoms with Crippen LogP contribution in [0.5, 0.6) is 5.75 Å². The maximum Gasteiger partial charge on any atom is 0.319 e. The van der Waals surface area contributed by atoms with Crippen LogP contribution < -0.4 is 15.4 Å². The van der Waals surface area contributed by atoms with Gasteiger partial charge in [0, 0.05) is 12.1 Å². The van der Waals surface area contributed by atoms with E-state index in [1.54, 1.807) is 19.1 Å². The molecule has 24 heavy (non-hydrogen) atoms. The Morgan fingerprint density at radius 2 is 2.04 bits per heavy atom. The average Bonchev–Trinajstić information content (AvgIpc) is 2.96. The summed E-state index contributed by atoms with van der Waals surface area (Å²) in [5.41, 5.74) is -1.80. The van der Waals surface area contributed by atoms with E-state index >= 15 is 0 Å². The number of halogens is 2. The number of methoxy groups -OCH3 is 1. The summed E-state index contributed by atoms with van der Waals surface area (Å²) in [6, 6.07) is 4.10. The van der Waals surface area contributed by atoms with Gasteiger partial charge in [0.05, 0.1) is 19.3 Å². The zero-order valence-corrected chi connectivity index (χ0v) is 13.4. The van der Waals surface area contributed by atoms with Crippen molar-refractivity contribution >= 4 is 11.7 Å². The van der Waals surface area contributed by atoms with Gasteiger partial charge in [-0.05, 0) is 26.0 Å². The van der Waals surface area contributed by atoms with Gasteiger partial charge >= 0.3 is 6.03 Å². The molecule has 1 aromatic heterocycles. The summed E-state index contributed by atoms with van der Waals surface area (Å²) >= 11 is 0. The van der Waals surface area contributed by atoms with E-state index in [9.17, 15) is 18.7 Å². The number of hydrogen-bond acceptors (Lipinski definition) is 4. The molecular weight excluding hydrogens is 322 g/mol. The van der Waals surface area contributed by atoms with Gasteiger partial charge < -0.3 is 24.9 Å². The highest BCUT2D eigenvalue weighted by atomic mass is 19.1. The first-order valence-corrected chi connectivity index (χ1v) is 7.10. The zero-order valence-electron chi connectivity index (χ0n) is 13.4. The van der Waals surface area contributed by atoms with Crippen molar-refractivity contribution in [3.8, 4) is 5.75 Å². The third-order valence-corrected chi connectivity index (χ3v) is 3.35. The van der Waals surface area contributed by atoms with E-state index in [0.29, 0.717) is 5.76 Å². The van der Waals surface area contributed by atoms with Gasteiger partial charge in [0.1, 0.15) is 17.1 Å². The molecule has 8 heteroatoms. The third kappa shape index (κ3) is 4.02. The van der Waals surface area contributed by atoms with Gasteiger partial charge in [0.15, 0.2) is 17.4 Å². The second kappa shape index (κ2) is 6.88. The summed E-state index contributed by atoms with van der Waals surface area (Å²) in [5, 5.41) is 14.8. The number of nitrogens with one attached hydrogen (secondary N) is 2. The standard InChI is InChI=1S/C16H18F2N2O4/c1-9-4-5-14(24-9)16(2,22)8-19-15(21)20-12-6-11(18)13(23-3)7-10(12)17/h4-7,22H,8H2,1-3H3,(H2,19,20,21). The van der Waals surface area contributed by atoms with Crippen molar-refractivity contribution in [2.45, 2.75) is 19.4 Å². The number of carbonyl (C=O) groups is 1. The molecule has 3 N–H and O–H groups in total. The number of anilines is 1. The Bertz CT molecular complexity index is 744. The van der Waals surface area contributed by atoms with Crippen LogP contribution in [0.25, 0.3) is 0 Å². The van der Waals surface area contributed by atoms with Crippen molar-refractivity contribution in [3.05, 3.63) is 47.4 Å². The van der Waals surface area contributed by atoms with Crippen molar-refractivity contribution in [1.29, 1.82) is 0 Å². The zero-order chi connectivity index (χ0) is 17.9. The van der Waals surface area contributed by atoms with Crippen LogP contribution in [0.3, 0.4) is 0 Å². The van der Waals surface area contributed by atoms with Crippen LogP contribution in [-0.4, -0.2) is 24.8 Å². The van der Waals surface area contributed by atoms with Crippen LogP contribution >= 0.6 is 0 Å². The molecule has 130 valence electrons. The van der Waals surface area contributed by atoms with Crippen molar-refractivity contribution in [2.24, 2.45) is 0 Å². The van der Waals surface area contributed by atoms with Gasteiger partial charge in [-0.2, -0.15) is 0 Å². The number of rotatable bonds is 5. The number of aliphatic hydroxyl groups is 1. The number of furan rings is 1. The minimum Gasteiger partial charge on any atom is -0.494 e. The Morgan fingerprint density at radius 1 is 1.33 bits per heavy atom. The fourth-order valence-corrected chi connectivity index (χ4v) is 2.01. The van der Waals surface area contributed by atoms with Crippen LogP contribution in [0.1, 0.15) is 18.4 Å². The van der Waals surface area contributed by atoms with Gasteiger partial charge in [-0.25, -0.2) is 13.6 Å². The summed E-state index contributed by atoms with van der Waals surface area (Å²) in [5.74, 6) is -1.04. The molecule has 1 unspecified atom stereocenters. The minimum atomic E-state index is -1.45. The van der Waals surface area contributed by atoms with Crippen molar-refractivity contribution in [2.75, 3.05) is 19.0 Å². The predicted octanol–water partition coefficient (Wildman–Crippen LogP) is 2.90. The number of hydrogen-bond donors (Lipinski definition) is 3. The van der Waals surface area contributed by atoms with Crippen LogP contribution in [0.15, 0.2) is 28.7 Å². The predicted molar refractivity (Wildman–Crippen MR) is 82.9 cm³/mol. The average molecular weight is 340 g/mol. The van der Waals surface area contributed by atoms with Gasteiger partial charge in [-0.15, -0.1) is 0 Å². The van der Waals surface area contributed by atoms with Crippen molar-refractivity contribution < 1.29 is 27.8 Å². The van der Waals surface area contributed by atoms with Gasteiger partial charge in [-0.1, -0.05) is 0 Å². The first kappa shape index (κ1) is 17.7. The van der Waals surface area contributed by atoms with Gasteiger partial charge in [-0.3, -0.25) is 0 Å². The maximum atomic E-state index is 13.8. The highest BCUT2D eigenvalue weighted by Gasteiger charge is 2.27. The molecule has 0 aliphatic heterocycles. The Kier molecular flexibility index (Phi) is 5.08. The molecule has 1 heterocycles. The third-order valence-electron chi connectivity index (χ3n) is 3.35. The fourth-order valence-electron chi connectivity index (χ4n) is 2.01. The highest BCUT2D eigenvalue weighted by molar-refractivity contribution is 5.89. The molecule has 0 fully saturated rings. The smallest absolute Gasteiger partial charge is 0.319 e. The first-order chi connectivity index (χ1) is 11.2. The lowest BCUT2D eigenvalue weighted by molar-refractivity contribution is 0.0364. The van der Waals surface area contributed by atoms with E-state index in [1.165, 1.54) is 14.0 Å². The number of urea groups is 1. The molecular formula is C16H18F2N2O4. The first-order valence-electron chi connectivity index (χ1n) is 7.10. The number of aryl methyl sites for hydroxylation is 1. The van der Waals surface area contributed by atoms with E-state index in [-0.39, 0.29) is 23.7 Å². The molecule has 0 aliphatic carbocycles. The molecule has 1 aromatic carbocycles. The Morgan fingerprint density at radius 3 is 2.62 bits per heavy atom. The fraction of sp³-hybridized carbons (Fsp3) is 0.312. The summed E-state index contributed by atoms with van der Waals surface area (Å²) in [7, 11) is 1.20. The molecule has 0 bridgehead atoms. The highest BCUT2D eigenvalue weighted by Crippen LogP contribution is 2.25. The van der Waals surface area contributed by atoms with Crippen molar-refractivity contribution in [3.63, 3.8) is 0 Å². The van der Waals surface area contributed by atoms with E-state index < -0.39 is 23.3 Å². The Hall–Kier alpha value is -2.61. The summed E-state index contributed by atoms with van der Waals surface area (Å²) in [6.45, 7) is 2.99. The number of amides is 2. The number of ether oxygens (including phenoxy) is 1. The molecule has 0 radical (unpaired) electrons. The van der Waals surface area contributed by atoms with E-state index in [2.05, 4.69) is 15.4 Å². The van der Waals surface area contributed by atoms with E-state index in [0.717, 1.165) is 12.1 Å². The van der Waals surface area contributed by atoms with Crippen molar-refractivity contribution in [1.82, 2.24) is 5.32 Å². The SMILES string of the molecule is COc1cc(F)c(NC(=O)NCC(C)(O)c2ccc(C)o2)cc1F. The number of carbonyl (C=O) groups excluding carboxylic acids is 1. The molecule has 6 nitrogen and oxygen atoms in total. The van der Waals surface area contributed by atoms with Crippen LogP contribution in [0.2, 0.25) is 0 Å². The molecule has 2 aromatic rings. The molecule has 0 aliphatic rings. The molecule has 1 atom stereocenters. The second-order valence-corrected chi connectivity index (χ2v) is 5.46. The summed E-state index contributed by atoms with van der Waals surface area (Å²) in [6.07, 6.45) is 0. The topological polar surface area (TPSA) is 83.7 Å². The van der Waals surface area contributed by atoms with Gasteiger partial charge in [0.2, 0.25) is 0 Å². The van der Waals surface area contributed by atoms with Crippen LogP contribution in [0, 0.1) is 18.6 Å². The Balaban J connectivity index is 2.00. The largest absolute Gasteiger partial charge is 0.494 e. The van der Waals surface area contributed by atoms with E-state index in [1.807, 2.05) is 0 Å². The normalized spacial score (nSPS) is 13.2. The monoisotopic (exact) mass is 340 g/mol. The molecule has 0 saturated heterocycles. The lowest BCUT2D eigenvalue weighted by Gasteiger charge is -2.21. The minimum absolute atomic E-state index is 0.188. The molecule has 0 spiro atoms. The maximum absolute atomic E-state index is 13.8. The lowest BCUT2D eigenvalue weighted by Crippen LogP contribution is -2.40. The Labute approximate surface area is 137 Å². The quantitative estimate of drug-likeness (QED) is 0.781. The molecule has 0 saturated carbocycles. The summed E-state index contributed by atoms with van der Waals surface area (Å²) in [4.78, 5) is 11.8. The lowest BCUT2D eigenvalue weighted by atomic mass is 10.0. The second-order valence-electron chi connectivity index (χ2n) is 5.46. The van der Waals surface area contributed by atoms with Crippen LogP contribution in [0.4, 0.5) is 19.3 Å². The molecule has 2 amide bonds. The summed E-state index contributed by atoms with van der Waals surface area (Å²) < 4.78 is 37.3. The molecule has 2 rings (SSSR count). The van der Waals surface area contributed by atoms with Gasteiger partial charge in [0.25, 0.3) is 0 Å². The number of benzene rings is 1.